The van der Waals surface area contributed by atoms with Gasteiger partial charge in [-0.2, -0.15) is 0 Å². The van der Waals surface area contributed by atoms with Crippen molar-refractivity contribution in [2.24, 2.45) is 0 Å². The van der Waals surface area contributed by atoms with Gasteiger partial charge in [0.15, 0.2) is 5.78 Å². The van der Waals surface area contributed by atoms with Crippen molar-refractivity contribution in [2.75, 3.05) is 0 Å². The van der Waals surface area contributed by atoms with Crippen molar-refractivity contribution in [1.29, 1.82) is 0 Å². The van der Waals surface area contributed by atoms with Crippen molar-refractivity contribution >= 4 is 17.1 Å². The number of halogens is 1. The molecule has 0 fully saturated rings. The van der Waals surface area contributed by atoms with Crippen LogP contribution in [-0.2, 0) is 17.8 Å². The summed E-state index contributed by atoms with van der Waals surface area (Å²) in [5.74, 6) is 0.387. The number of carbonyl (C=O) groups excluding carboxylic acids is 1. The lowest BCUT2D eigenvalue weighted by molar-refractivity contribution is -0.119. The third-order valence-corrected chi connectivity index (χ3v) is 4.02. The second-order valence-corrected chi connectivity index (χ2v) is 5.61. The molecule has 0 aliphatic heterocycles. The predicted molar refractivity (Wildman–Crippen MR) is 80.7 cm³/mol. The van der Waals surface area contributed by atoms with Gasteiger partial charge in [0.25, 0.3) is 0 Å². The van der Waals surface area contributed by atoms with Crippen LogP contribution < -0.4 is 0 Å². The van der Waals surface area contributed by atoms with Gasteiger partial charge in [-0.25, -0.2) is 9.37 Å². The third kappa shape index (κ3) is 3.08. The number of Topliss-reactive ketones (excluding diaryl/α,β-unsaturated/α-hetero) is 1. The van der Waals surface area contributed by atoms with E-state index in [0.717, 1.165) is 10.7 Å². The fraction of sp³-hybridized carbons (Fsp3) is 0.125. The molecule has 0 atom stereocenters. The van der Waals surface area contributed by atoms with E-state index in [4.69, 9.17) is 0 Å². The average Bonchev–Trinajstić information content (AvgIpc) is 3.11. The zero-order valence-corrected chi connectivity index (χ0v) is 12.0. The number of nitrogens with zero attached hydrogens (tertiary/aromatic N) is 2. The van der Waals surface area contributed by atoms with Crippen molar-refractivity contribution in [1.82, 2.24) is 9.55 Å². The van der Waals surface area contributed by atoms with Gasteiger partial charge in [-0.05, 0) is 23.1 Å². The number of ketones is 1. The highest BCUT2D eigenvalue weighted by atomic mass is 32.1. The van der Waals surface area contributed by atoms with Gasteiger partial charge in [0, 0.05) is 18.8 Å². The number of thiophene rings is 1. The molecule has 3 nitrogen and oxygen atoms in total. The first-order valence-electron chi connectivity index (χ1n) is 6.54. The van der Waals surface area contributed by atoms with Crippen LogP contribution in [-0.4, -0.2) is 15.3 Å². The van der Waals surface area contributed by atoms with Crippen LogP contribution >= 0.6 is 11.3 Å². The Balaban J connectivity index is 1.74. The molecule has 2 heterocycles. The number of benzene rings is 1. The van der Waals surface area contributed by atoms with Crippen LogP contribution in [0.3, 0.4) is 0 Å². The molecule has 21 heavy (non-hydrogen) atoms. The van der Waals surface area contributed by atoms with Gasteiger partial charge in [0.1, 0.15) is 11.6 Å². The van der Waals surface area contributed by atoms with Gasteiger partial charge >= 0.3 is 0 Å². The van der Waals surface area contributed by atoms with Crippen molar-refractivity contribution < 1.29 is 9.18 Å². The van der Waals surface area contributed by atoms with E-state index in [2.05, 4.69) is 4.98 Å². The number of rotatable bonds is 5. The minimum absolute atomic E-state index is 0.0455. The zero-order valence-electron chi connectivity index (χ0n) is 11.2. The highest BCUT2D eigenvalue weighted by Crippen LogP contribution is 2.22. The molecule has 106 valence electrons. The maximum absolute atomic E-state index is 13.6. The van der Waals surface area contributed by atoms with E-state index in [1.54, 1.807) is 46.5 Å². The van der Waals surface area contributed by atoms with E-state index in [-0.39, 0.29) is 24.6 Å². The molecule has 3 rings (SSSR count). The smallest absolute Gasteiger partial charge is 0.157 e. The lowest BCUT2D eigenvalue weighted by Gasteiger charge is -2.06. The Labute approximate surface area is 125 Å². The summed E-state index contributed by atoms with van der Waals surface area (Å²) >= 11 is 1.57. The standard InChI is InChI=1S/C16H13FN2OS/c17-14-5-2-1-4-12(14)10-13(20)11-19-8-7-18-16(19)15-6-3-9-21-15/h1-9H,10-11H2. The Bertz CT molecular complexity index is 749. The predicted octanol–water partition coefficient (Wildman–Crippen LogP) is 3.56. The molecule has 0 N–H and O–H groups in total. The fourth-order valence-electron chi connectivity index (χ4n) is 2.17. The Morgan fingerprint density at radius 3 is 2.86 bits per heavy atom. The Hall–Kier alpha value is -2.27. The second kappa shape index (κ2) is 6.01. The molecule has 3 aromatic rings. The molecular weight excluding hydrogens is 287 g/mol. The van der Waals surface area contributed by atoms with E-state index in [9.17, 15) is 9.18 Å². The number of hydrogen-bond acceptors (Lipinski definition) is 3. The van der Waals surface area contributed by atoms with Gasteiger partial charge in [-0.15, -0.1) is 11.3 Å². The number of imidazole rings is 1. The van der Waals surface area contributed by atoms with E-state index < -0.39 is 0 Å². The van der Waals surface area contributed by atoms with Crippen LogP contribution in [0.25, 0.3) is 10.7 Å². The van der Waals surface area contributed by atoms with E-state index in [0.29, 0.717) is 5.56 Å². The average molecular weight is 300 g/mol. The van der Waals surface area contributed by atoms with Crippen molar-refractivity contribution in [3.63, 3.8) is 0 Å². The number of carbonyl (C=O) groups is 1. The van der Waals surface area contributed by atoms with Crippen LogP contribution in [0.15, 0.2) is 54.2 Å². The summed E-state index contributed by atoms with van der Waals surface area (Å²) in [6.45, 7) is 0.196. The molecule has 5 heteroatoms. The summed E-state index contributed by atoms with van der Waals surface area (Å²) < 4.78 is 15.4. The third-order valence-electron chi connectivity index (χ3n) is 3.15. The summed E-state index contributed by atoms with van der Waals surface area (Å²) in [7, 11) is 0. The summed E-state index contributed by atoms with van der Waals surface area (Å²) in [6, 6.07) is 10.3. The summed E-state index contributed by atoms with van der Waals surface area (Å²) in [5, 5.41) is 1.97. The minimum atomic E-state index is -0.338. The number of aromatic nitrogens is 2. The van der Waals surface area contributed by atoms with Crippen molar-refractivity contribution in [3.05, 3.63) is 65.6 Å². The molecule has 0 aliphatic carbocycles. The normalized spacial score (nSPS) is 10.7. The van der Waals surface area contributed by atoms with Gasteiger partial charge in [0.05, 0.1) is 11.4 Å². The van der Waals surface area contributed by atoms with Crippen molar-refractivity contribution in [3.8, 4) is 10.7 Å². The molecule has 0 saturated heterocycles. The van der Waals surface area contributed by atoms with Crippen LogP contribution in [0.1, 0.15) is 5.56 Å². The molecule has 0 bridgehead atoms. The van der Waals surface area contributed by atoms with Crippen LogP contribution in [0.4, 0.5) is 4.39 Å². The fourth-order valence-corrected chi connectivity index (χ4v) is 2.90. The highest BCUT2D eigenvalue weighted by Gasteiger charge is 2.12. The largest absolute Gasteiger partial charge is 0.323 e. The van der Waals surface area contributed by atoms with Gasteiger partial charge in [0.2, 0.25) is 0 Å². The quantitative estimate of drug-likeness (QED) is 0.722. The lowest BCUT2D eigenvalue weighted by atomic mass is 10.1. The molecule has 1 aromatic carbocycles. The molecule has 0 aliphatic rings. The molecule has 0 spiro atoms. The first-order valence-corrected chi connectivity index (χ1v) is 7.42. The summed E-state index contributed by atoms with van der Waals surface area (Å²) in [6.07, 6.45) is 3.54. The maximum Gasteiger partial charge on any atom is 0.157 e. The Kier molecular flexibility index (Phi) is 3.92. The molecule has 2 aromatic heterocycles. The van der Waals surface area contributed by atoms with Gasteiger partial charge in [-0.3, -0.25) is 4.79 Å². The summed E-state index contributed by atoms with van der Waals surface area (Å²) in [4.78, 5) is 17.4. The van der Waals surface area contributed by atoms with Crippen LogP contribution in [0.5, 0.6) is 0 Å². The monoisotopic (exact) mass is 300 g/mol. The first-order chi connectivity index (χ1) is 10.2. The molecule has 0 saturated carbocycles. The maximum atomic E-state index is 13.6. The van der Waals surface area contributed by atoms with Crippen molar-refractivity contribution in [2.45, 2.75) is 13.0 Å². The van der Waals surface area contributed by atoms with E-state index in [1.165, 1.54) is 6.07 Å². The SMILES string of the molecule is O=C(Cc1ccccc1F)Cn1ccnc1-c1cccs1. The van der Waals surface area contributed by atoms with E-state index in [1.807, 2.05) is 17.5 Å². The zero-order chi connectivity index (χ0) is 14.7. The molecule has 0 radical (unpaired) electrons. The second-order valence-electron chi connectivity index (χ2n) is 4.66. The molecule has 0 amide bonds. The molecular formula is C16H13FN2OS. The topological polar surface area (TPSA) is 34.9 Å². The van der Waals surface area contributed by atoms with Gasteiger partial charge < -0.3 is 4.57 Å². The van der Waals surface area contributed by atoms with Gasteiger partial charge in [-0.1, -0.05) is 24.3 Å². The Morgan fingerprint density at radius 2 is 2.10 bits per heavy atom. The van der Waals surface area contributed by atoms with E-state index >= 15 is 0 Å². The number of hydrogen-bond donors (Lipinski definition) is 0. The highest BCUT2D eigenvalue weighted by molar-refractivity contribution is 7.13. The summed E-state index contributed by atoms with van der Waals surface area (Å²) in [5.41, 5.74) is 0.431. The van der Waals surface area contributed by atoms with Crippen LogP contribution in [0.2, 0.25) is 0 Å². The molecule has 0 unspecified atom stereocenters. The Morgan fingerprint density at radius 1 is 1.24 bits per heavy atom. The minimum Gasteiger partial charge on any atom is -0.323 e. The first kappa shape index (κ1) is 13.7. The lowest BCUT2D eigenvalue weighted by Crippen LogP contribution is -2.13. The van der Waals surface area contributed by atoms with Crippen LogP contribution in [0, 0.1) is 5.82 Å².